The van der Waals surface area contributed by atoms with Gasteiger partial charge in [0.1, 0.15) is 0 Å². The van der Waals surface area contributed by atoms with Gasteiger partial charge in [-0.1, -0.05) is 0 Å². The van der Waals surface area contributed by atoms with Gasteiger partial charge in [0.15, 0.2) is 14.9 Å². The maximum absolute atomic E-state index is 11.9. The highest BCUT2D eigenvalue weighted by Crippen LogP contribution is 2.21. The normalized spacial score (nSPS) is 23.8. The second kappa shape index (κ2) is 4.99. The van der Waals surface area contributed by atoms with Crippen LogP contribution in [0.4, 0.5) is 0 Å². The minimum atomic E-state index is -3.68. The molecule has 6 nitrogen and oxygen atoms in total. The summed E-state index contributed by atoms with van der Waals surface area (Å²) in [4.78, 5) is 0. The zero-order valence-electron chi connectivity index (χ0n) is 9.51. The van der Waals surface area contributed by atoms with Crippen LogP contribution in [0.15, 0.2) is 0 Å². The van der Waals surface area contributed by atoms with E-state index >= 15 is 0 Å². The van der Waals surface area contributed by atoms with Crippen LogP contribution < -0.4 is 5.32 Å². The monoisotopic (exact) mass is 270 g/mol. The molecule has 1 aliphatic heterocycles. The van der Waals surface area contributed by atoms with Crippen LogP contribution in [-0.4, -0.2) is 58.7 Å². The summed E-state index contributed by atoms with van der Waals surface area (Å²) < 4.78 is 47.1. The Kier molecular flexibility index (Phi) is 4.33. The van der Waals surface area contributed by atoms with Crippen molar-refractivity contribution in [1.82, 2.24) is 9.62 Å². The summed E-state index contributed by atoms with van der Waals surface area (Å²) >= 11 is 0. The molecule has 16 heavy (non-hydrogen) atoms. The summed E-state index contributed by atoms with van der Waals surface area (Å²) in [5.41, 5.74) is 0. The van der Waals surface area contributed by atoms with E-state index in [-0.39, 0.29) is 6.04 Å². The summed E-state index contributed by atoms with van der Waals surface area (Å²) in [6.45, 7) is 0.979. The van der Waals surface area contributed by atoms with E-state index in [0.29, 0.717) is 13.1 Å². The van der Waals surface area contributed by atoms with Gasteiger partial charge in [0, 0.05) is 25.4 Å². The molecule has 0 bridgehead atoms. The van der Waals surface area contributed by atoms with Gasteiger partial charge in [0.2, 0.25) is 10.0 Å². The highest BCUT2D eigenvalue weighted by atomic mass is 32.3. The first-order valence-corrected chi connectivity index (χ1v) is 8.75. The lowest BCUT2D eigenvalue weighted by molar-refractivity contribution is 0.381. The lowest BCUT2D eigenvalue weighted by Gasteiger charge is -2.23. The van der Waals surface area contributed by atoms with Crippen molar-refractivity contribution in [2.45, 2.75) is 18.9 Å². The van der Waals surface area contributed by atoms with Gasteiger partial charge >= 0.3 is 0 Å². The van der Waals surface area contributed by atoms with Crippen LogP contribution in [0.2, 0.25) is 0 Å². The van der Waals surface area contributed by atoms with Crippen molar-refractivity contribution >= 4 is 19.9 Å². The SMILES string of the molecule is CNCC1CCCN1S(=O)(=O)CS(C)(=O)=O. The van der Waals surface area contributed by atoms with Gasteiger partial charge in [-0.25, -0.2) is 16.8 Å². The van der Waals surface area contributed by atoms with Crippen molar-refractivity contribution in [1.29, 1.82) is 0 Å². The quantitative estimate of drug-likeness (QED) is 0.693. The van der Waals surface area contributed by atoms with Crippen LogP contribution in [0.3, 0.4) is 0 Å². The van der Waals surface area contributed by atoms with E-state index in [4.69, 9.17) is 0 Å². The Labute approximate surface area is 97.0 Å². The smallest absolute Gasteiger partial charge is 0.228 e. The molecular formula is C8H18N2O4S2. The average Bonchev–Trinajstić information content (AvgIpc) is 2.48. The van der Waals surface area contributed by atoms with E-state index in [9.17, 15) is 16.8 Å². The molecule has 1 unspecified atom stereocenters. The lowest BCUT2D eigenvalue weighted by Crippen LogP contribution is -2.42. The maximum Gasteiger partial charge on any atom is 0.228 e. The highest BCUT2D eigenvalue weighted by Gasteiger charge is 2.35. The second-order valence-corrected chi connectivity index (χ2v) is 8.55. The number of hydrogen-bond acceptors (Lipinski definition) is 5. The van der Waals surface area contributed by atoms with Crippen molar-refractivity contribution in [3.8, 4) is 0 Å². The third-order valence-corrected chi connectivity index (χ3v) is 6.58. The molecule has 8 heteroatoms. The molecule has 1 fully saturated rings. The second-order valence-electron chi connectivity index (χ2n) is 4.12. The Morgan fingerprint density at radius 1 is 1.31 bits per heavy atom. The lowest BCUT2D eigenvalue weighted by atomic mass is 10.2. The molecule has 0 saturated carbocycles. The molecule has 96 valence electrons. The number of likely N-dealkylation sites (N-methyl/N-ethyl adjacent to an activating group) is 1. The first kappa shape index (κ1) is 13.9. The molecule has 0 aliphatic carbocycles. The van der Waals surface area contributed by atoms with Gasteiger partial charge in [-0.2, -0.15) is 4.31 Å². The number of sulfonamides is 1. The Morgan fingerprint density at radius 3 is 2.44 bits per heavy atom. The standard InChI is InChI=1S/C8H18N2O4S2/c1-9-6-8-4-3-5-10(8)16(13,14)7-15(2,11)12/h8-9H,3-7H2,1-2H3. The van der Waals surface area contributed by atoms with Crippen molar-refractivity contribution in [2.24, 2.45) is 0 Å². The molecule has 1 heterocycles. The van der Waals surface area contributed by atoms with Gasteiger partial charge in [0.05, 0.1) is 0 Å². The minimum Gasteiger partial charge on any atom is -0.318 e. The van der Waals surface area contributed by atoms with E-state index in [1.807, 2.05) is 0 Å². The van der Waals surface area contributed by atoms with E-state index in [2.05, 4.69) is 5.32 Å². The number of hydrogen-bond donors (Lipinski definition) is 1. The summed E-state index contributed by atoms with van der Waals surface area (Å²) in [6.07, 6.45) is 2.51. The largest absolute Gasteiger partial charge is 0.318 e. The van der Waals surface area contributed by atoms with E-state index in [0.717, 1.165) is 19.1 Å². The molecule has 1 aliphatic rings. The topological polar surface area (TPSA) is 83.6 Å². The zero-order chi connectivity index (χ0) is 12.4. The third-order valence-electron chi connectivity index (χ3n) is 2.48. The third kappa shape index (κ3) is 3.69. The Morgan fingerprint density at radius 2 is 1.94 bits per heavy atom. The molecule has 0 aromatic heterocycles. The van der Waals surface area contributed by atoms with Crippen LogP contribution in [0.25, 0.3) is 0 Å². The fourth-order valence-electron chi connectivity index (χ4n) is 1.95. The number of sulfone groups is 1. The van der Waals surface area contributed by atoms with Crippen molar-refractivity contribution in [3.63, 3.8) is 0 Å². The Balaban J connectivity index is 2.83. The fraction of sp³-hybridized carbons (Fsp3) is 1.00. The van der Waals surface area contributed by atoms with Gasteiger partial charge in [-0.05, 0) is 19.9 Å². The molecular weight excluding hydrogens is 252 g/mol. The molecule has 0 amide bonds. The Hall–Kier alpha value is -0.180. The molecule has 0 radical (unpaired) electrons. The molecule has 0 aromatic carbocycles. The summed E-state index contributed by atoms with van der Waals surface area (Å²) in [6, 6.07) is -0.114. The van der Waals surface area contributed by atoms with Crippen LogP contribution in [0.1, 0.15) is 12.8 Å². The number of rotatable bonds is 5. The van der Waals surface area contributed by atoms with E-state index in [1.54, 1.807) is 7.05 Å². The molecule has 1 saturated heterocycles. The molecule has 1 rings (SSSR count). The van der Waals surface area contributed by atoms with E-state index in [1.165, 1.54) is 4.31 Å². The maximum atomic E-state index is 11.9. The van der Waals surface area contributed by atoms with Crippen LogP contribution in [0, 0.1) is 0 Å². The average molecular weight is 270 g/mol. The van der Waals surface area contributed by atoms with Crippen molar-refractivity contribution in [2.75, 3.05) is 31.5 Å². The van der Waals surface area contributed by atoms with Gasteiger partial charge < -0.3 is 5.32 Å². The van der Waals surface area contributed by atoms with E-state index < -0.39 is 24.9 Å². The molecule has 1 atom stereocenters. The van der Waals surface area contributed by atoms with Gasteiger partial charge in [0.25, 0.3) is 0 Å². The first-order chi connectivity index (χ1) is 7.26. The Bertz CT molecular complexity index is 429. The fourth-order valence-corrected chi connectivity index (χ4v) is 5.70. The van der Waals surface area contributed by atoms with Gasteiger partial charge in [-0.3, -0.25) is 0 Å². The predicted octanol–water partition coefficient (Wildman–Crippen LogP) is -0.998. The number of nitrogens with zero attached hydrogens (tertiary/aromatic N) is 1. The molecule has 0 aromatic rings. The molecule has 0 spiro atoms. The summed E-state index contributed by atoms with van der Waals surface area (Å²) in [5.74, 6) is 0. The van der Waals surface area contributed by atoms with Crippen molar-refractivity contribution in [3.05, 3.63) is 0 Å². The van der Waals surface area contributed by atoms with Gasteiger partial charge in [-0.15, -0.1) is 0 Å². The summed E-state index contributed by atoms with van der Waals surface area (Å²) in [7, 11) is -5.44. The minimum absolute atomic E-state index is 0.114. The predicted molar refractivity (Wildman–Crippen MR) is 62.3 cm³/mol. The molecule has 1 N–H and O–H groups in total. The zero-order valence-corrected chi connectivity index (χ0v) is 11.1. The van der Waals surface area contributed by atoms with Crippen molar-refractivity contribution < 1.29 is 16.8 Å². The first-order valence-electron chi connectivity index (χ1n) is 5.08. The van der Waals surface area contributed by atoms with Crippen LogP contribution in [0.5, 0.6) is 0 Å². The highest BCUT2D eigenvalue weighted by molar-refractivity contribution is 8.06. The van der Waals surface area contributed by atoms with Crippen LogP contribution >= 0.6 is 0 Å². The number of nitrogens with one attached hydrogen (secondary N) is 1. The summed E-state index contributed by atoms with van der Waals surface area (Å²) in [5, 5.41) is 2.13. The van der Waals surface area contributed by atoms with Crippen LogP contribution in [-0.2, 0) is 19.9 Å².